The Kier molecular flexibility index (Phi) is 3.20. The minimum atomic E-state index is 0.378. The van der Waals surface area contributed by atoms with E-state index in [2.05, 4.69) is 16.0 Å². The lowest BCUT2D eigenvalue weighted by molar-refractivity contribution is 0.768. The quantitative estimate of drug-likeness (QED) is 0.746. The van der Waals surface area contributed by atoms with Crippen LogP contribution in [0.25, 0.3) is 22.6 Å². The molecule has 3 rings (SSSR count). The largest absolute Gasteiger partial charge is 0.383 e. The molecule has 0 aliphatic heterocycles. The first kappa shape index (κ1) is 13.0. The number of benzene rings is 1. The molecule has 0 aliphatic carbocycles. The molecule has 0 atom stereocenters. The lowest BCUT2D eigenvalue weighted by Crippen LogP contribution is -2.03. The predicted molar refractivity (Wildman–Crippen MR) is 83.1 cm³/mol. The Hall–Kier alpha value is -3.00. The second-order valence-electron chi connectivity index (χ2n) is 4.73. The van der Waals surface area contributed by atoms with E-state index in [1.165, 1.54) is 0 Å². The summed E-state index contributed by atoms with van der Waals surface area (Å²) in [6, 6.07) is 9.86. The van der Waals surface area contributed by atoms with Crippen molar-refractivity contribution in [3.8, 4) is 35.0 Å². The van der Waals surface area contributed by atoms with Crippen molar-refractivity contribution in [1.29, 1.82) is 0 Å². The first-order valence-electron chi connectivity index (χ1n) is 6.54. The van der Waals surface area contributed by atoms with Crippen molar-refractivity contribution in [2.24, 2.45) is 7.05 Å². The van der Waals surface area contributed by atoms with E-state index in [1.54, 1.807) is 10.9 Å². The minimum Gasteiger partial charge on any atom is -0.383 e. The molecule has 0 radical (unpaired) electrons. The van der Waals surface area contributed by atoms with E-state index >= 15 is 0 Å². The van der Waals surface area contributed by atoms with Crippen LogP contribution >= 0.6 is 0 Å². The molecule has 0 aliphatic rings. The fourth-order valence-electron chi connectivity index (χ4n) is 2.28. The fourth-order valence-corrected chi connectivity index (χ4v) is 2.28. The zero-order valence-electron chi connectivity index (χ0n) is 11.7. The maximum absolute atomic E-state index is 6.24. The van der Waals surface area contributed by atoms with Gasteiger partial charge in [0.2, 0.25) is 0 Å². The highest BCUT2D eigenvalue weighted by Gasteiger charge is 2.17. The zero-order valence-corrected chi connectivity index (χ0v) is 11.7. The number of aromatic nitrogens is 4. The highest BCUT2D eigenvalue weighted by molar-refractivity contribution is 5.75. The number of rotatable bonds is 3. The third-order valence-corrected chi connectivity index (χ3v) is 3.27. The van der Waals surface area contributed by atoms with Gasteiger partial charge in [-0.3, -0.25) is 9.25 Å². The number of nitrogens with zero attached hydrogens (tertiary/aromatic N) is 4. The van der Waals surface area contributed by atoms with Crippen molar-refractivity contribution in [2.45, 2.75) is 6.54 Å². The Morgan fingerprint density at radius 1 is 1.24 bits per heavy atom. The Labute approximate surface area is 123 Å². The molecular weight excluding hydrogens is 262 g/mol. The molecule has 0 saturated carbocycles. The predicted octanol–water partition coefficient (Wildman–Crippen LogP) is 2.17. The molecule has 0 unspecified atom stereocenters. The zero-order chi connectivity index (χ0) is 14.8. The lowest BCUT2D eigenvalue weighted by Gasteiger charge is -2.05. The molecule has 2 aromatic heterocycles. The van der Waals surface area contributed by atoms with Crippen LogP contribution in [-0.4, -0.2) is 19.3 Å². The smallest absolute Gasteiger partial charge is 0.143 e. The van der Waals surface area contributed by atoms with Gasteiger partial charge in [-0.25, -0.2) is 4.98 Å². The standard InChI is InChI=1S/C16H15N5/c1-3-9-21-15(17)14(13-10-18-20(2)11-13)19-16(21)12-7-5-4-6-8-12/h1,4-8,10-11H,9,17H2,2H3. The molecule has 2 N–H and O–H groups in total. The van der Waals surface area contributed by atoms with Gasteiger partial charge in [0.1, 0.15) is 17.3 Å². The van der Waals surface area contributed by atoms with Crippen LogP contribution in [0.15, 0.2) is 42.7 Å². The van der Waals surface area contributed by atoms with E-state index in [0.717, 1.165) is 17.0 Å². The number of hydrogen-bond acceptors (Lipinski definition) is 3. The van der Waals surface area contributed by atoms with Gasteiger partial charge in [-0.1, -0.05) is 36.3 Å². The van der Waals surface area contributed by atoms with E-state index in [4.69, 9.17) is 12.2 Å². The summed E-state index contributed by atoms with van der Waals surface area (Å²) in [6.45, 7) is 0.378. The highest BCUT2D eigenvalue weighted by Crippen LogP contribution is 2.30. The third-order valence-electron chi connectivity index (χ3n) is 3.27. The molecule has 0 spiro atoms. The van der Waals surface area contributed by atoms with E-state index in [-0.39, 0.29) is 0 Å². The van der Waals surface area contributed by atoms with Crippen molar-refractivity contribution >= 4 is 5.82 Å². The van der Waals surface area contributed by atoms with Gasteiger partial charge in [-0.05, 0) is 0 Å². The summed E-state index contributed by atoms with van der Waals surface area (Å²) in [5.74, 6) is 3.95. The lowest BCUT2D eigenvalue weighted by atomic mass is 10.2. The number of nitrogens with two attached hydrogens (primary N) is 1. The maximum Gasteiger partial charge on any atom is 0.143 e. The summed E-state index contributed by atoms with van der Waals surface area (Å²) in [7, 11) is 1.86. The van der Waals surface area contributed by atoms with Gasteiger partial charge >= 0.3 is 0 Å². The van der Waals surface area contributed by atoms with E-state index in [9.17, 15) is 0 Å². The van der Waals surface area contributed by atoms with Crippen LogP contribution in [0.5, 0.6) is 0 Å². The summed E-state index contributed by atoms with van der Waals surface area (Å²) >= 11 is 0. The third kappa shape index (κ3) is 2.28. The SMILES string of the molecule is C#CCn1c(-c2ccccc2)nc(-c2cnn(C)c2)c1N. The molecule has 5 heteroatoms. The molecule has 5 nitrogen and oxygen atoms in total. The number of imidazole rings is 1. The van der Waals surface area contributed by atoms with Gasteiger partial charge in [0, 0.05) is 24.4 Å². The van der Waals surface area contributed by atoms with Crippen LogP contribution in [-0.2, 0) is 13.6 Å². The summed E-state index contributed by atoms with van der Waals surface area (Å²) < 4.78 is 3.56. The molecular formula is C16H15N5. The monoisotopic (exact) mass is 277 g/mol. The Balaban J connectivity index is 2.19. The molecule has 0 amide bonds. The van der Waals surface area contributed by atoms with E-state index in [1.807, 2.05) is 48.1 Å². The second-order valence-corrected chi connectivity index (χ2v) is 4.73. The van der Waals surface area contributed by atoms with Gasteiger partial charge in [-0.15, -0.1) is 6.42 Å². The maximum atomic E-state index is 6.24. The van der Waals surface area contributed by atoms with Gasteiger partial charge < -0.3 is 5.73 Å². The summed E-state index contributed by atoms with van der Waals surface area (Å²) in [5, 5.41) is 4.16. The number of anilines is 1. The first-order chi connectivity index (χ1) is 10.2. The molecule has 1 aromatic carbocycles. The van der Waals surface area contributed by atoms with Crippen molar-refractivity contribution in [3.63, 3.8) is 0 Å². The number of nitrogen functional groups attached to an aromatic ring is 1. The Morgan fingerprint density at radius 3 is 2.62 bits per heavy atom. The van der Waals surface area contributed by atoms with Crippen LogP contribution in [0, 0.1) is 12.3 Å². The average Bonchev–Trinajstić information content (AvgIpc) is 3.06. The van der Waals surface area contributed by atoms with Crippen LogP contribution in [0.2, 0.25) is 0 Å². The fraction of sp³-hybridized carbons (Fsp3) is 0.125. The van der Waals surface area contributed by atoms with E-state index in [0.29, 0.717) is 18.1 Å². The van der Waals surface area contributed by atoms with Crippen molar-refractivity contribution in [2.75, 3.05) is 5.73 Å². The average molecular weight is 277 g/mol. The van der Waals surface area contributed by atoms with Gasteiger partial charge in [0.15, 0.2) is 0 Å². The number of aryl methyl sites for hydroxylation is 1. The molecule has 2 heterocycles. The van der Waals surface area contributed by atoms with Crippen LogP contribution in [0.4, 0.5) is 5.82 Å². The van der Waals surface area contributed by atoms with Crippen molar-refractivity contribution in [1.82, 2.24) is 19.3 Å². The topological polar surface area (TPSA) is 61.7 Å². The van der Waals surface area contributed by atoms with Crippen molar-refractivity contribution < 1.29 is 0 Å². The summed E-state index contributed by atoms with van der Waals surface area (Å²) in [4.78, 5) is 4.67. The minimum absolute atomic E-state index is 0.378. The Morgan fingerprint density at radius 2 is 2.00 bits per heavy atom. The van der Waals surface area contributed by atoms with Crippen molar-refractivity contribution in [3.05, 3.63) is 42.7 Å². The molecule has 3 aromatic rings. The summed E-state index contributed by atoms with van der Waals surface area (Å²) in [6.07, 6.45) is 9.08. The molecule has 0 fully saturated rings. The normalized spacial score (nSPS) is 10.5. The number of terminal acetylenes is 1. The molecule has 21 heavy (non-hydrogen) atoms. The molecule has 0 bridgehead atoms. The van der Waals surface area contributed by atoms with Crippen LogP contribution < -0.4 is 5.73 Å². The number of hydrogen-bond donors (Lipinski definition) is 1. The van der Waals surface area contributed by atoms with E-state index < -0.39 is 0 Å². The highest BCUT2D eigenvalue weighted by atomic mass is 15.2. The molecule has 0 saturated heterocycles. The first-order valence-corrected chi connectivity index (χ1v) is 6.54. The summed E-state index contributed by atoms with van der Waals surface area (Å²) in [5.41, 5.74) is 8.80. The molecule has 104 valence electrons. The van der Waals surface area contributed by atoms with Gasteiger partial charge in [0.25, 0.3) is 0 Å². The van der Waals surface area contributed by atoms with Crippen LogP contribution in [0.1, 0.15) is 0 Å². The Bertz CT molecular complexity index is 805. The second kappa shape index (κ2) is 5.17. The van der Waals surface area contributed by atoms with Crippen LogP contribution in [0.3, 0.4) is 0 Å². The van der Waals surface area contributed by atoms with Gasteiger partial charge in [0.05, 0.1) is 12.7 Å². The van der Waals surface area contributed by atoms with Gasteiger partial charge in [-0.2, -0.15) is 5.10 Å².